The minimum atomic E-state index is -1.31. The highest BCUT2D eigenvalue weighted by Crippen LogP contribution is 2.39. The van der Waals surface area contributed by atoms with E-state index in [0.29, 0.717) is 29.4 Å². The van der Waals surface area contributed by atoms with E-state index in [1.807, 2.05) is 30.3 Å². The lowest BCUT2D eigenvalue weighted by Crippen LogP contribution is -2.13. The van der Waals surface area contributed by atoms with E-state index in [9.17, 15) is 18.4 Å². The predicted molar refractivity (Wildman–Crippen MR) is 140 cm³/mol. The highest BCUT2D eigenvalue weighted by molar-refractivity contribution is 7.14. The van der Waals surface area contributed by atoms with Gasteiger partial charge in [-0.25, -0.2) is 18.6 Å². The number of carboxylic acids is 1. The molecule has 7 nitrogen and oxygen atoms in total. The molecule has 0 unspecified atom stereocenters. The fourth-order valence-corrected chi connectivity index (χ4v) is 4.24. The number of rotatable bonds is 9. The summed E-state index contributed by atoms with van der Waals surface area (Å²) >= 11 is 1.12. The van der Waals surface area contributed by atoms with Crippen LogP contribution in [-0.4, -0.2) is 29.1 Å². The van der Waals surface area contributed by atoms with Crippen LogP contribution in [0.4, 0.5) is 13.9 Å². The maximum absolute atomic E-state index is 14.5. The molecule has 2 N–H and O–H groups in total. The molecule has 38 heavy (non-hydrogen) atoms. The van der Waals surface area contributed by atoms with E-state index in [0.717, 1.165) is 35.1 Å². The van der Waals surface area contributed by atoms with Gasteiger partial charge < -0.3 is 14.6 Å². The number of amides is 1. The number of carbonyl (C=O) groups is 2. The number of methoxy groups -OCH3 is 1. The van der Waals surface area contributed by atoms with Gasteiger partial charge in [-0.05, 0) is 42.8 Å². The van der Waals surface area contributed by atoms with Crippen LogP contribution in [0.25, 0.3) is 17.3 Å². The van der Waals surface area contributed by atoms with E-state index in [2.05, 4.69) is 10.3 Å². The van der Waals surface area contributed by atoms with Crippen molar-refractivity contribution in [2.75, 3.05) is 12.4 Å². The summed E-state index contributed by atoms with van der Waals surface area (Å²) in [5.41, 5.74) is 1.06. The summed E-state index contributed by atoms with van der Waals surface area (Å²) in [6, 6.07) is 16.7. The van der Waals surface area contributed by atoms with Crippen LogP contribution in [0.5, 0.6) is 11.5 Å². The minimum absolute atomic E-state index is 0.203. The van der Waals surface area contributed by atoms with Gasteiger partial charge in [-0.15, -0.1) is 11.3 Å². The third-order valence-electron chi connectivity index (χ3n) is 5.46. The lowest BCUT2D eigenvalue weighted by Gasteiger charge is -2.13. The molecular formula is C28H22F2N2O5S. The van der Waals surface area contributed by atoms with Crippen molar-refractivity contribution in [3.05, 3.63) is 99.9 Å². The second kappa shape index (κ2) is 11.7. The number of thiazole rings is 1. The van der Waals surface area contributed by atoms with Gasteiger partial charge in [0.15, 0.2) is 16.6 Å². The summed E-state index contributed by atoms with van der Waals surface area (Å²) in [7, 11) is 1.52. The third kappa shape index (κ3) is 6.04. The molecule has 4 rings (SSSR count). The average molecular weight is 537 g/mol. The number of anilines is 1. The van der Waals surface area contributed by atoms with Crippen molar-refractivity contribution in [3.63, 3.8) is 0 Å². The van der Waals surface area contributed by atoms with E-state index in [-0.39, 0.29) is 16.3 Å². The number of nitrogens with one attached hydrogen (secondary N) is 1. The molecule has 0 aliphatic rings. The Hall–Kier alpha value is -4.57. The van der Waals surface area contributed by atoms with Crippen LogP contribution in [0.15, 0.2) is 71.6 Å². The lowest BCUT2D eigenvalue weighted by molar-refractivity contribution is -0.132. The standard InChI is InChI=1S/C28H22F2N2O5S/c1-16(27(34)35)11-20-21(29)12-18(13-22(20)30)26(33)32-28-31-23(15-38-28)19-9-6-10-24(25(19)36-2)37-14-17-7-4-3-5-8-17/h3-13,15H,14H2,1-2H3,(H,34,35)(H,31,32,33)/b16-11+. The first-order valence-electron chi connectivity index (χ1n) is 11.3. The first kappa shape index (κ1) is 26.5. The zero-order valence-corrected chi connectivity index (χ0v) is 21.1. The summed E-state index contributed by atoms with van der Waals surface area (Å²) in [5, 5.41) is 13.4. The molecular weight excluding hydrogens is 514 g/mol. The highest BCUT2D eigenvalue weighted by Gasteiger charge is 2.18. The maximum atomic E-state index is 14.5. The number of halogens is 2. The minimum Gasteiger partial charge on any atom is -0.492 e. The molecule has 10 heteroatoms. The molecule has 1 heterocycles. The Kier molecular flexibility index (Phi) is 8.12. The molecule has 3 aromatic carbocycles. The molecule has 0 radical (unpaired) electrons. The Balaban J connectivity index is 1.52. The number of hydrogen-bond donors (Lipinski definition) is 2. The van der Waals surface area contributed by atoms with Gasteiger partial charge in [-0.1, -0.05) is 36.4 Å². The van der Waals surface area contributed by atoms with Crippen LogP contribution in [0.2, 0.25) is 0 Å². The Morgan fingerprint density at radius 2 is 1.79 bits per heavy atom. The van der Waals surface area contributed by atoms with Crippen LogP contribution in [0.1, 0.15) is 28.4 Å². The van der Waals surface area contributed by atoms with Crippen molar-refractivity contribution >= 4 is 34.4 Å². The number of carbonyl (C=O) groups excluding carboxylic acids is 1. The fraction of sp³-hybridized carbons (Fsp3) is 0.107. The molecule has 0 saturated heterocycles. The molecule has 0 aliphatic carbocycles. The number of aromatic nitrogens is 1. The van der Waals surface area contributed by atoms with E-state index >= 15 is 0 Å². The highest BCUT2D eigenvalue weighted by atomic mass is 32.1. The largest absolute Gasteiger partial charge is 0.492 e. The molecule has 0 atom stereocenters. The Morgan fingerprint density at radius 3 is 2.45 bits per heavy atom. The number of hydrogen-bond acceptors (Lipinski definition) is 6. The summed E-state index contributed by atoms with van der Waals surface area (Å²) in [6.07, 6.45) is 0.868. The average Bonchev–Trinajstić information content (AvgIpc) is 3.37. The summed E-state index contributed by atoms with van der Waals surface area (Å²) in [4.78, 5) is 28.1. The SMILES string of the molecule is COc1c(OCc2ccccc2)cccc1-c1csc(NC(=O)c2cc(F)c(/C=C(\C)C(=O)O)c(F)c2)n1. The number of aliphatic carboxylic acids is 1. The normalized spacial score (nSPS) is 11.2. The zero-order chi connectivity index (χ0) is 27.2. The zero-order valence-electron chi connectivity index (χ0n) is 20.3. The monoisotopic (exact) mass is 536 g/mol. The predicted octanol–water partition coefficient (Wildman–Crippen LogP) is 6.42. The van der Waals surface area contributed by atoms with Gasteiger partial charge in [0, 0.05) is 27.6 Å². The van der Waals surface area contributed by atoms with Gasteiger partial charge >= 0.3 is 5.97 Å². The smallest absolute Gasteiger partial charge is 0.331 e. The van der Waals surface area contributed by atoms with Gasteiger partial charge in [0.2, 0.25) is 0 Å². The number of para-hydroxylation sites is 1. The second-order valence-electron chi connectivity index (χ2n) is 8.09. The van der Waals surface area contributed by atoms with Crippen LogP contribution >= 0.6 is 11.3 Å². The first-order chi connectivity index (χ1) is 18.3. The quantitative estimate of drug-likeness (QED) is 0.240. The van der Waals surface area contributed by atoms with Gasteiger partial charge in [0.1, 0.15) is 18.2 Å². The van der Waals surface area contributed by atoms with Gasteiger partial charge in [-0.3, -0.25) is 10.1 Å². The van der Waals surface area contributed by atoms with Gasteiger partial charge in [0.05, 0.1) is 12.8 Å². The summed E-state index contributed by atoms with van der Waals surface area (Å²) < 4.78 is 40.4. The van der Waals surface area contributed by atoms with Crippen molar-refractivity contribution in [2.45, 2.75) is 13.5 Å². The second-order valence-corrected chi connectivity index (χ2v) is 8.95. The van der Waals surface area contributed by atoms with Crippen molar-refractivity contribution in [2.24, 2.45) is 0 Å². The molecule has 1 amide bonds. The number of carboxylic acid groups (broad SMARTS) is 1. The van der Waals surface area contributed by atoms with E-state index in [4.69, 9.17) is 14.6 Å². The van der Waals surface area contributed by atoms with Crippen LogP contribution < -0.4 is 14.8 Å². The molecule has 194 valence electrons. The van der Waals surface area contributed by atoms with E-state index in [1.54, 1.807) is 23.6 Å². The van der Waals surface area contributed by atoms with Crippen LogP contribution in [-0.2, 0) is 11.4 Å². The molecule has 0 saturated carbocycles. The number of ether oxygens (including phenoxy) is 2. The van der Waals surface area contributed by atoms with E-state index in [1.165, 1.54) is 14.0 Å². The fourth-order valence-electron chi connectivity index (χ4n) is 3.53. The summed E-state index contributed by atoms with van der Waals surface area (Å²) in [6.45, 7) is 1.55. The lowest BCUT2D eigenvalue weighted by atomic mass is 10.1. The maximum Gasteiger partial charge on any atom is 0.331 e. The molecule has 1 aromatic heterocycles. The molecule has 0 aliphatic heterocycles. The summed E-state index contributed by atoms with van der Waals surface area (Å²) in [5.74, 6) is -3.22. The Morgan fingerprint density at radius 1 is 1.08 bits per heavy atom. The van der Waals surface area contributed by atoms with Crippen molar-refractivity contribution < 1.29 is 33.0 Å². The molecule has 0 spiro atoms. The van der Waals surface area contributed by atoms with Gasteiger partial charge in [0.25, 0.3) is 5.91 Å². The van der Waals surface area contributed by atoms with Crippen LogP contribution in [0, 0.1) is 11.6 Å². The topological polar surface area (TPSA) is 97.8 Å². The van der Waals surface area contributed by atoms with Crippen molar-refractivity contribution in [1.29, 1.82) is 0 Å². The Bertz CT molecular complexity index is 1500. The van der Waals surface area contributed by atoms with E-state index < -0.39 is 29.1 Å². The Labute approximate surface area is 221 Å². The number of benzene rings is 3. The molecule has 0 fully saturated rings. The van der Waals surface area contributed by atoms with Crippen LogP contribution in [0.3, 0.4) is 0 Å². The van der Waals surface area contributed by atoms with Crippen molar-refractivity contribution in [3.8, 4) is 22.8 Å². The van der Waals surface area contributed by atoms with Crippen molar-refractivity contribution in [1.82, 2.24) is 4.98 Å². The number of nitrogens with zero attached hydrogens (tertiary/aromatic N) is 1. The molecule has 0 bridgehead atoms. The molecule has 4 aromatic rings. The van der Waals surface area contributed by atoms with Gasteiger partial charge in [-0.2, -0.15) is 0 Å². The third-order valence-corrected chi connectivity index (χ3v) is 6.22. The first-order valence-corrected chi connectivity index (χ1v) is 12.2.